The predicted molar refractivity (Wildman–Crippen MR) is 120 cm³/mol. The fourth-order valence-corrected chi connectivity index (χ4v) is 3.58. The number of hydrogen-bond donors (Lipinski definition) is 2. The molecule has 2 aromatic heterocycles. The van der Waals surface area contributed by atoms with Crippen LogP contribution in [0.3, 0.4) is 0 Å². The molecule has 2 N–H and O–H groups in total. The molecule has 10 nitrogen and oxygen atoms in total. The number of benzene rings is 1. The van der Waals surface area contributed by atoms with E-state index < -0.39 is 0 Å². The molecule has 0 unspecified atom stereocenters. The molecule has 0 spiro atoms. The number of nitrogens with zero attached hydrogens (tertiary/aromatic N) is 6. The van der Waals surface area contributed by atoms with Crippen molar-refractivity contribution in [3.8, 4) is 0 Å². The van der Waals surface area contributed by atoms with Crippen LogP contribution in [-0.2, 0) is 0 Å². The van der Waals surface area contributed by atoms with E-state index in [4.69, 9.17) is 11.6 Å². The van der Waals surface area contributed by atoms with Gasteiger partial charge in [-0.3, -0.25) is 14.3 Å². The lowest BCUT2D eigenvalue weighted by molar-refractivity contribution is 0.0959. The molecular formula is C21H23ClN8O2. The Balaban J connectivity index is 1.51. The van der Waals surface area contributed by atoms with E-state index in [-0.39, 0.29) is 24.0 Å². The lowest BCUT2D eigenvalue weighted by atomic mass is 10.2. The Morgan fingerprint density at radius 1 is 1.28 bits per heavy atom. The van der Waals surface area contributed by atoms with Gasteiger partial charge in [0.05, 0.1) is 17.8 Å². The van der Waals surface area contributed by atoms with Gasteiger partial charge in [-0.1, -0.05) is 18.5 Å². The van der Waals surface area contributed by atoms with Crippen LogP contribution in [0.1, 0.15) is 48.2 Å². The first-order valence-electron chi connectivity index (χ1n) is 10.3. The highest BCUT2D eigenvalue weighted by atomic mass is 35.5. The summed E-state index contributed by atoms with van der Waals surface area (Å²) in [5, 5.41) is 6.57. The van der Waals surface area contributed by atoms with Crippen molar-refractivity contribution in [1.29, 1.82) is 0 Å². The zero-order valence-corrected chi connectivity index (χ0v) is 18.7. The Morgan fingerprint density at radius 2 is 2.03 bits per heavy atom. The maximum absolute atomic E-state index is 12.7. The number of urea groups is 1. The van der Waals surface area contributed by atoms with E-state index in [1.54, 1.807) is 42.3 Å². The van der Waals surface area contributed by atoms with Gasteiger partial charge in [0.25, 0.3) is 5.91 Å². The fourth-order valence-electron chi connectivity index (χ4n) is 3.45. The van der Waals surface area contributed by atoms with Gasteiger partial charge in [-0.25, -0.2) is 9.78 Å². The largest absolute Gasteiger partial charge is 0.346 e. The first-order chi connectivity index (χ1) is 15.4. The summed E-state index contributed by atoms with van der Waals surface area (Å²) in [5.74, 6) is 0.907. The molecular weight excluding hydrogens is 432 g/mol. The monoisotopic (exact) mass is 454 g/mol. The Labute approximate surface area is 190 Å². The summed E-state index contributed by atoms with van der Waals surface area (Å²) in [6, 6.07) is 6.14. The quantitative estimate of drug-likeness (QED) is 0.587. The van der Waals surface area contributed by atoms with Crippen molar-refractivity contribution >= 4 is 35.4 Å². The van der Waals surface area contributed by atoms with Crippen LogP contribution in [0, 0.1) is 6.92 Å². The molecule has 0 saturated carbocycles. The molecule has 1 saturated heterocycles. The summed E-state index contributed by atoms with van der Waals surface area (Å²) in [6.45, 7) is 6.19. The molecule has 1 aliphatic heterocycles. The zero-order valence-electron chi connectivity index (χ0n) is 17.9. The van der Waals surface area contributed by atoms with Crippen LogP contribution >= 0.6 is 11.6 Å². The Hall–Kier alpha value is -3.53. The van der Waals surface area contributed by atoms with Crippen LogP contribution in [-0.4, -0.2) is 49.0 Å². The Morgan fingerprint density at radius 3 is 2.75 bits per heavy atom. The highest BCUT2D eigenvalue weighted by molar-refractivity contribution is 6.30. The van der Waals surface area contributed by atoms with Crippen LogP contribution in [0.5, 0.6) is 0 Å². The molecule has 3 aromatic rings. The van der Waals surface area contributed by atoms with Crippen molar-refractivity contribution in [2.24, 2.45) is 0 Å². The number of anilines is 2. The SMILES string of the molecule is CC[C@H]1CNC(=O)N1c1nc(C)nc(N[C@@H](C)c2cn(C(=O)c3ccc(Cl)cc3)cn2)n1. The summed E-state index contributed by atoms with van der Waals surface area (Å²) in [7, 11) is 0. The van der Waals surface area contributed by atoms with Crippen molar-refractivity contribution in [2.75, 3.05) is 16.8 Å². The van der Waals surface area contributed by atoms with E-state index in [2.05, 4.69) is 30.6 Å². The number of hydrogen-bond acceptors (Lipinski definition) is 7. The maximum atomic E-state index is 12.7. The van der Waals surface area contributed by atoms with Crippen LogP contribution in [0.4, 0.5) is 16.7 Å². The Kier molecular flexibility index (Phi) is 6.04. The zero-order chi connectivity index (χ0) is 22.8. The summed E-state index contributed by atoms with van der Waals surface area (Å²) >= 11 is 5.89. The molecule has 1 aliphatic rings. The van der Waals surface area contributed by atoms with Gasteiger partial charge in [0, 0.05) is 23.3 Å². The minimum atomic E-state index is -0.293. The second-order valence-electron chi connectivity index (χ2n) is 7.51. The summed E-state index contributed by atoms with van der Waals surface area (Å²) in [5.41, 5.74) is 1.14. The molecule has 166 valence electrons. The highest BCUT2D eigenvalue weighted by Crippen LogP contribution is 2.21. The van der Waals surface area contributed by atoms with Gasteiger partial charge in [-0.15, -0.1) is 0 Å². The lowest BCUT2D eigenvalue weighted by Gasteiger charge is -2.21. The molecule has 2 atom stereocenters. The van der Waals surface area contributed by atoms with E-state index in [0.29, 0.717) is 40.5 Å². The molecule has 0 aliphatic carbocycles. The normalized spacial score (nSPS) is 16.7. The summed E-state index contributed by atoms with van der Waals surface area (Å²) < 4.78 is 1.42. The molecule has 2 amide bonds. The second kappa shape index (κ2) is 8.91. The number of halogens is 1. The first-order valence-corrected chi connectivity index (χ1v) is 10.6. The van der Waals surface area contributed by atoms with Gasteiger partial charge in [-0.05, 0) is 44.5 Å². The number of carbonyl (C=O) groups is 2. The Bertz CT molecular complexity index is 1150. The molecule has 3 heterocycles. The number of rotatable bonds is 6. The predicted octanol–water partition coefficient (Wildman–Crippen LogP) is 3.20. The van der Waals surface area contributed by atoms with E-state index >= 15 is 0 Å². The van der Waals surface area contributed by atoms with Gasteiger partial charge in [0.15, 0.2) is 0 Å². The number of aromatic nitrogens is 5. The van der Waals surface area contributed by atoms with E-state index in [9.17, 15) is 9.59 Å². The fraction of sp³-hybridized carbons (Fsp3) is 0.333. The molecule has 32 heavy (non-hydrogen) atoms. The van der Waals surface area contributed by atoms with Crippen molar-refractivity contribution in [2.45, 2.75) is 39.3 Å². The second-order valence-corrected chi connectivity index (χ2v) is 7.94. The van der Waals surface area contributed by atoms with Gasteiger partial charge >= 0.3 is 6.03 Å². The van der Waals surface area contributed by atoms with Crippen molar-refractivity contribution < 1.29 is 9.59 Å². The van der Waals surface area contributed by atoms with Gasteiger partial charge < -0.3 is 10.6 Å². The average molecular weight is 455 g/mol. The van der Waals surface area contributed by atoms with Gasteiger partial charge in [0.2, 0.25) is 11.9 Å². The molecule has 1 fully saturated rings. The van der Waals surface area contributed by atoms with Gasteiger partial charge in [-0.2, -0.15) is 15.0 Å². The number of nitrogens with one attached hydrogen (secondary N) is 2. The highest BCUT2D eigenvalue weighted by Gasteiger charge is 2.33. The molecule has 0 bridgehead atoms. The average Bonchev–Trinajstić information content (AvgIpc) is 3.40. The molecule has 4 rings (SSSR count). The van der Waals surface area contributed by atoms with E-state index in [1.807, 2.05) is 13.8 Å². The van der Waals surface area contributed by atoms with Crippen LogP contribution in [0.15, 0.2) is 36.8 Å². The van der Waals surface area contributed by atoms with Crippen molar-refractivity contribution in [1.82, 2.24) is 29.8 Å². The van der Waals surface area contributed by atoms with Crippen LogP contribution in [0.25, 0.3) is 0 Å². The molecule has 0 radical (unpaired) electrons. The van der Waals surface area contributed by atoms with E-state index in [0.717, 1.165) is 6.42 Å². The molecule has 1 aromatic carbocycles. The first kappa shape index (κ1) is 21.7. The van der Waals surface area contributed by atoms with E-state index in [1.165, 1.54) is 10.9 Å². The minimum absolute atomic E-state index is 0.0100. The number of carbonyl (C=O) groups excluding carboxylic acids is 2. The number of amides is 2. The van der Waals surface area contributed by atoms with Crippen LogP contribution in [0.2, 0.25) is 5.02 Å². The van der Waals surface area contributed by atoms with Crippen molar-refractivity contribution in [3.05, 3.63) is 58.9 Å². The third-order valence-electron chi connectivity index (χ3n) is 5.21. The lowest BCUT2D eigenvalue weighted by Crippen LogP contribution is -2.35. The summed E-state index contributed by atoms with van der Waals surface area (Å²) in [4.78, 5) is 43.9. The van der Waals surface area contributed by atoms with Gasteiger partial charge in [0.1, 0.15) is 12.2 Å². The summed E-state index contributed by atoms with van der Waals surface area (Å²) in [6.07, 6.45) is 3.90. The number of imidazole rings is 1. The topological polar surface area (TPSA) is 118 Å². The third kappa shape index (κ3) is 4.40. The number of aryl methyl sites for hydroxylation is 1. The smallest absolute Gasteiger partial charge is 0.324 e. The minimum Gasteiger partial charge on any atom is -0.346 e. The standard InChI is InChI=1S/C21H23ClN8O2/c1-4-16-9-23-21(32)30(16)20-27-13(3)26-19(28-20)25-12(2)17-10-29(11-24-17)18(31)14-5-7-15(22)8-6-14/h5-8,10-12,16H,4,9H2,1-3H3,(H,23,32)(H,25,26,27,28)/t12-,16-/m0/s1. The van der Waals surface area contributed by atoms with Crippen LogP contribution < -0.4 is 15.5 Å². The maximum Gasteiger partial charge on any atom is 0.324 e. The molecule has 11 heteroatoms. The third-order valence-corrected chi connectivity index (χ3v) is 5.46. The van der Waals surface area contributed by atoms with Crippen molar-refractivity contribution in [3.63, 3.8) is 0 Å².